The number of fused-ring (bicyclic) bond motifs is 1. The second kappa shape index (κ2) is 23.8. The molecule has 22 heteroatoms. The van der Waals surface area contributed by atoms with Crippen LogP contribution in [0.3, 0.4) is 0 Å². The van der Waals surface area contributed by atoms with Crippen molar-refractivity contribution in [3.63, 3.8) is 0 Å². The van der Waals surface area contributed by atoms with Crippen LogP contribution in [0.4, 0.5) is 5.69 Å². The fraction of sp³-hybridized carbons (Fsp3) is 0.452. The molecule has 1 aliphatic heterocycles. The summed E-state index contributed by atoms with van der Waals surface area (Å²) in [5.74, 6) is -6.96. The lowest BCUT2D eigenvalue weighted by Gasteiger charge is -2.33. The van der Waals surface area contributed by atoms with Crippen LogP contribution in [0.5, 0.6) is 0 Å². The number of carbonyl (C=O) groups excluding carboxylic acids is 7. The summed E-state index contributed by atoms with van der Waals surface area (Å²) >= 11 is 1.97. The third-order valence-corrected chi connectivity index (χ3v) is 12.2. The first-order valence-corrected chi connectivity index (χ1v) is 22.0. The molecule has 1 saturated heterocycles. The van der Waals surface area contributed by atoms with Gasteiger partial charge in [0.05, 0.1) is 30.1 Å². The molecule has 2 heterocycles. The predicted molar refractivity (Wildman–Crippen MR) is 244 cm³/mol. The quantitative estimate of drug-likeness (QED) is 0.0202. The standard InChI is InChI=1S/C42H55IN12O9/c1-4-22(3)35(40(63)53-30(20-33(57)58)38(61)52-28(11-8-17-47-42(45)46)37(60)54-34(36(44)59)25(43)5-2)55-18-16-29(41(55)64)51-32(56)19-23-12-14-24(15-13-23)49-39(62)31-21-48-26-9-6-7-10-27(26)50-31/h6-7,9-10,12-15,21-22,25,28-30,34-35H,4-5,8,11,16-20H2,1-3H3,(H2,44,59)(H,49,62)(H,51,56)(H,52,61)(H,53,63)(H,54,60)(H,57,58)(H4,45,46,47)/t22-,25+,28+,29+,30-,34?,35-/m0/s1. The Labute approximate surface area is 383 Å². The van der Waals surface area contributed by atoms with Gasteiger partial charge in [-0.15, -0.1) is 0 Å². The van der Waals surface area contributed by atoms with E-state index >= 15 is 0 Å². The van der Waals surface area contributed by atoms with Gasteiger partial charge in [-0.1, -0.05) is 74.0 Å². The molecule has 12 N–H and O–H groups in total. The lowest BCUT2D eigenvalue weighted by molar-refractivity contribution is -0.144. The zero-order valence-electron chi connectivity index (χ0n) is 35.7. The molecule has 7 amide bonds. The zero-order chi connectivity index (χ0) is 47.1. The number of primary amides is 1. The first-order valence-electron chi connectivity index (χ1n) is 20.8. The molecule has 2 aromatic carbocycles. The molecule has 344 valence electrons. The molecule has 0 spiro atoms. The van der Waals surface area contributed by atoms with Crippen molar-refractivity contribution in [2.45, 2.75) is 99.9 Å². The molecule has 0 radical (unpaired) electrons. The van der Waals surface area contributed by atoms with Crippen molar-refractivity contribution in [1.29, 1.82) is 0 Å². The molecule has 3 aromatic rings. The van der Waals surface area contributed by atoms with Crippen molar-refractivity contribution in [2.75, 3.05) is 18.4 Å². The van der Waals surface area contributed by atoms with Crippen molar-refractivity contribution in [3.8, 4) is 0 Å². The lowest BCUT2D eigenvalue weighted by atomic mass is 9.96. The number of nitrogens with one attached hydrogen (secondary N) is 5. The first-order chi connectivity index (χ1) is 30.4. The van der Waals surface area contributed by atoms with Crippen molar-refractivity contribution < 1.29 is 43.5 Å². The normalized spacial score (nSPS) is 16.3. The van der Waals surface area contributed by atoms with Crippen LogP contribution in [0.1, 0.15) is 75.3 Å². The van der Waals surface area contributed by atoms with Gasteiger partial charge in [-0.05, 0) is 61.4 Å². The number of nitrogens with two attached hydrogens (primary N) is 3. The van der Waals surface area contributed by atoms with Crippen LogP contribution < -0.4 is 43.8 Å². The smallest absolute Gasteiger partial charge is 0.305 e. The Hall–Kier alpha value is -6.46. The van der Waals surface area contributed by atoms with E-state index < -0.39 is 89.9 Å². The molecule has 7 atom stereocenters. The Morgan fingerprint density at radius 2 is 1.56 bits per heavy atom. The van der Waals surface area contributed by atoms with Gasteiger partial charge in [0.2, 0.25) is 35.4 Å². The summed E-state index contributed by atoms with van der Waals surface area (Å²) < 4.78 is -0.381. The highest BCUT2D eigenvalue weighted by atomic mass is 127. The number of halogens is 1. The Morgan fingerprint density at radius 1 is 0.906 bits per heavy atom. The minimum atomic E-state index is -1.69. The van der Waals surface area contributed by atoms with E-state index in [4.69, 9.17) is 17.2 Å². The minimum absolute atomic E-state index is 0.0389. The largest absolute Gasteiger partial charge is 0.481 e. The summed E-state index contributed by atoms with van der Waals surface area (Å²) in [6, 6.07) is 7.51. The van der Waals surface area contributed by atoms with E-state index in [-0.39, 0.29) is 54.4 Å². The van der Waals surface area contributed by atoms with Gasteiger partial charge in [0.25, 0.3) is 5.91 Å². The summed E-state index contributed by atoms with van der Waals surface area (Å²) in [5, 5.41) is 22.8. The Bertz CT molecular complexity index is 2220. The van der Waals surface area contributed by atoms with Gasteiger partial charge in [-0.2, -0.15) is 0 Å². The molecule has 21 nitrogen and oxygen atoms in total. The maximum atomic E-state index is 14.0. The van der Waals surface area contributed by atoms with Gasteiger partial charge in [0.1, 0.15) is 35.9 Å². The molecule has 4 rings (SSSR count). The van der Waals surface area contributed by atoms with E-state index in [1.54, 1.807) is 63.2 Å². The average molecular weight is 999 g/mol. The molecule has 0 aliphatic carbocycles. The van der Waals surface area contributed by atoms with Gasteiger partial charge in [0, 0.05) is 22.7 Å². The third kappa shape index (κ3) is 14.3. The number of guanidine groups is 1. The van der Waals surface area contributed by atoms with E-state index in [1.807, 2.05) is 28.7 Å². The number of benzene rings is 2. The molecule has 64 heavy (non-hydrogen) atoms. The number of rotatable bonds is 23. The van der Waals surface area contributed by atoms with Crippen LogP contribution in [0.25, 0.3) is 11.0 Å². The fourth-order valence-corrected chi connectivity index (χ4v) is 7.49. The Morgan fingerprint density at radius 3 is 2.19 bits per heavy atom. The van der Waals surface area contributed by atoms with Crippen molar-refractivity contribution in [3.05, 3.63) is 66.0 Å². The van der Waals surface area contributed by atoms with Crippen LogP contribution in [-0.2, 0) is 40.0 Å². The van der Waals surface area contributed by atoms with E-state index in [0.717, 1.165) is 0 Å². The van der Waals surface area contributed by atoms with Crippen LogP contribution in [0, 0.1) is 5.92 Å². The van der Waals surface area contributed by atoms with Crippen molar-refractivity contribution in [1.82, 2.24) is 36.1 Å². The van der Waals surface area contributed by atoms with Gasteiger partial charge < -0.3 is 53.8 Å². The summed E-state index contributed by atoms with van der Waals surface area (Å²) in [6.45, 7) is 5.47. The van der Waals surface area contributed by atoms with Crippen LogP contribution >= 0.6 is 22.6 Å². The number of aliphatic imine (C=N–C) groups is 1. The topological polar surface area (TPSA) is 336 Å². The number of likely N-dealkylation sites (tertiary alicyclic amines) is 1. The number of hydrogen-bond acceptors (Lipinski definition) is 11. The number of anilines is 1. The summed E-state index contributed by atoms with van der Waals surface area (Å²) in [5.41, 5.74) is 18.8. The zero-order valence-corrected chi connectivity index (χ0v) is 37.9. The molecular weight excluding hydrogens is 943 g/mol. The highest BCUT2D eigenvalue weighted by Gasteiger charge is 2.43. The molecule has 0 bridgehead atoms. The maximum absolute atomic E-state index is 14.0. The molecule has 0 saturated carbocycles. The second-order valence-electron chi connectivity index (χ2n) is 15.3. The summed E-state index contributed by atoms with van der Waals surface area (Å²) in [7, 11) is 0. The molecule has 1 fully saturated rings. The van der Waals surface area contributed by atoms with Crippen LogP contribution in [0.15, 0.2) is 59.7 Å². The third-order valence-electron chi connectivity index (χ3n) is 10.6. The average Bonchev–Trinajstić information content (AvgIpc) is 3.60. The van der Waals surface area contributed by atoms with Crippen LogP contribution in [0.2, 0.25) is 0 Å². The number of aromatic nitrogens is 2. The number of nitrogens with zero attached hydrogens (tertiary/aromatic N) is 4. The van der Waals surface area contributed by atoms with E-state index in [2.05, 4.69) is 41.5 Å². The lowest BCUT2D eigenvalue weighted by Crippen LogP contribution is -2.60. The summed E-state index contributed by atoms with van der Waals surface area (Å²) in [4.78, 5) is 119. The van der Waals surface area contributed by atoms with Gasteiger partial charge in [0.15, 0.2) is 5.96 Å². The van der Waals surface area contributed by atoms with Gasteiger partial charge in [-0.3, -0.25) is 48.3 Å². The number of carboxylic acid groups (broad SMARTS) is 1. The highest BCUT2D eigenvalue weighted by Crippen LogP contribution is 2.23. The monoisotopic (exact) mass is 998 g/mol. The Balaban J connectivity index is 1.40. The van der Waals surface area contributed by atoms with E-state index in [9.17, 15) is 43.5 Å². The molecule has 1 unspecified atom stereocenters. The molecule has 1 aliphatic rings. The number of amides is 7. The number of carboxylic acids is 1. The predicted octanol–water partition coefficient (Wildman–Crippen LogP) is 0.238. The van der Waals surface area contributed by atoms with E-state index in [0.29, 0.717) is 35.1 Å². The number of carbonyl (C=O) groups is 8. The Kier molecular flexibility index (Phi) is 18.7. The molecule has 1 aromatic heterocycles. The van der Waals surface area contributed by atoms with Crippen molar-refractivity contribution >= 4 is 92.6 Å². The summed E-state index contributed by atoms with van der Waals surface area (Å²) in [6.07, 6.45) is 1.63. The number of alkyl halides is 1. The minimum Gasteiger partial charge on any atom is -0.481 e. The first kappa shape index (κ1) is 50.2. The number of para-hydroxylation sites is 2. The second-order valence-corrected chi connectivity index (χ2v) is 16.9. The molecular formula is C42H55IN12O9. The van der Waals surface area contributed by atoms with Crippen LogP contribution in [-0.4, -0.2) is 120 Å². The maximum Gasteiger partial charge on any atom is 0.305 e. The highest BCUT2D eigenvalue weighted by molar-refractivity contribution is 14.1. The SMILES string of the molecule is CC[C@@H](I)C(NC(=O)[C@@H](CCCN=C(N)N)NC(=O)[C@H](CC(=O)O)NC(=O)[C@H]([C@@H](C)CC)N1CC[C@@H](NC(=O)Cc2ccc(NC(=O)c3cnc4ccccc4n3)cc2)C1=O)C(N)=O. The van der Waals surface area contributed by atoms with Gasteiger partial charge in [-0.25, -0.2) is 4.98 Å². The fourth-order valence-electron chi connectivity index (χ4n) is 6.96. The number of aliphatic carboxylic acids is 1. The number of hydrogen-bond donors (Lipinski definition) is 9. The van der Waals surface area contributed by atoms with Gasteiger partial charge >= 0.3 is 5.97 Å². The van der Waals surface area contributed by atoms with E-state index in [1.165, 1.54) is 11.1 Å². The van der Waals surface area contributed by atoms with Crippen molar-refractivity contribution in [2.24, 2.45) is 28.1 Å².